The number of aryl methyl sites for hydroxylation is 1. The summed E-state index contributed by atoms with van der Waals surface area (Å²) in [6.45, 7) is 1.90. The molecule has 21 heavy (non-hydrogen) atoms. The number of hydrogen-bond donors (Lipinski definition) is 1. The van der Waals surface area contributed by atoms with Gasteiger partial charge < -0.3 is 5.32 Å². The van der Waals surface area contributed by atoms with E-state index >= 15 is 0 Å². The van der Waals surface area contributed by atoms with Crippen molar-refractivity contribution in [3.8, 4) is 11.4 Å². The zero-order valence-electron chi connectivity index (χ0n) is 11.6. The Kier molecular flexibility index (Phi) is 3.59. The lowest BCUT2D eigenvalue weighted by atomic mass is 10.0. The van der Waals surface area contributed by atoms with Crippen LogP contribution in [0.25, 0.3) is 22.2 Å². The molecule has 0 amide bonds. The zero-order chi connectivity index (χ0) is 15.0. The Morgan fingerprint density at radius 2 is 1.76 bits per heavy atom. The van der Waals surface area contributed by atoms with Crippen LogP contribution in [0.3, 0.4) is 0 Å². The minimum atomic E-state index is -0.239. The highest BCUT2D eigenvalue weighted by Gasteiger charge is 2.13. The van der Waals surface area contributed by atoms with Crippen molar-refractivity contribution in [3.63, 3.8) is 0 Å². The fourth-order valence-electron chi connectivity index (χ4n) is 2.30. The molecule has 0 unspecified atom stereocenters. The van der Waals surface area contributed by atoms with E-state index in [0.29, 0.717) is 17.0 Å². The molecule has 0 atom stereocenters. The minimum absolute atomic E-state index is 0.239. The molecule has 106 valence electrons. The third-order valence-corrected chi connectivity index (χ3v) is 4.31. The number of hydrogen-bond acceptors (Lipinski definition) is 3. The van der Waals surface area contributed by atoms with E-state index in [1.54, 1.807) is 19.2 Å². The molecule has 0 radical (unpaired) electrons. The van der Waals surface area contributed by atoms with Crippen molar-refractivity contribution in [3.05, 3.63) is 52.4 Å². The van der Waals surface area contributed by atoms with Crippen molar-refractivity contribution < 1.29 is 4.39 Å². The first kappa shape index (κ1) is 13.9. The first-order valence-corrected chi connectivity index (χ1v) is 7.30. The Bertz CT molecular complexity index is 833. The van der Waals surface area contributed by atoms with Crippen molar-refractivity contribution in [2.24, 2.45) is 0 Å². The van der Waals surface area contributed by atoms with Gasteiger partial charge in [0.2, 0.25) is 0 Å². The van der Waals surface area contributed by atoms with Gasteiger partial charge in [0.1, 0.15) is 11.6 Å². The molecule has 0 saturated heterocycles. The van der Waals surface area contributed by atoms with Crippen LogP contribution in [-0.4, -0.2) is 17.0 Å². The van der Waals surface area contributed by atoms with Crippen LogP contribution in [0.4, 0.5) is 10.2 Å². The van der Waals surface area contributed by atoms with Crippen LogP contribution in [0.5, 0.6) is 0 Å². The van der Waals surface area contributed by atoms with Crippen molar-refractivity contribution in [1.82, 2.24) is 9.97 Å². The van der Waals surface area contributed by atoms with Crippen molar-refractivity contribution in [1.29, 1.82) is 0 Å². The molecule has 3 aromatic rings. The van der Waals surface area contributed by atoms with Gasteiger partial charge in [0.15, 0.2) is 5.82 Å². The van der Waals surface area contributed by atoms with Gasteiger partial charge in [0.25, 0.3) is 0 Å². The highest BCUT2D eigenvalue weighted by molar-refractivity contribution is 9.10. The van der Waals surface area contributed by atoms with E-state index in [1.165, 1.54) is 6.07 Å². The second-order valence-electron chi connectivity index (χ2n) is 4.69. The lowest BCUT2D eigenvalue weighted by Gasteiger charge is -2.11. The van der Waals surface area contributed by atoms with Crippen molar-refractivity contribution in [2.75, 3.05) is 12.4 Å². The lowest BCUT2D eigenvalue weighted by molar-refractivity contribution is 0.640. The van der Waals surface area contributed by atoms with E-state index in [4.69, 9.17) is 0 Å². The summed E-state index contributed by atoms with van der Waals surface area (Å²) in [6, 6.07) is 10.5. The molecule has 2 aromatic carbocycles. The third kappa shape index (κ3) is 2.38. The summed E-state index contributed by atoms with van der Waals surface area (Å²) >= 11 is 3.46. The van der Waals surface area contributed by atoms with E-state index < -0.39 is 0 Å². The summed E-state index contributed by atoms with van der Waals surface area (Å²) < 4.78 is 14.7. The van der Waals surface area contributed by atoms with Crippen LogP contribution >= 0.6 is 15.9 Å². The van der Waals surface area contributed by atoms with Crippen LogP contribution < -0.4 is 5.32 Å². The summed E-state index contributed by atoms with van der Waals surface area (Å²) in [5, 5.41) is 4.41. The Morgan fingerprint density at radius 1 is 1.05 bits per heavy atom. The molecule has 0 spiro atoms. The Balaban J connectivity index is 2.31. The molecular weight excluding hydrogens is 333 g/mol. The first-order valence-electron chi connectivity index (χ1n) is 6.51. The van der Waals surface area contributed by atoms with E-state index in [9.17, 15) is 4.39 Å². The zero-order valence-corrected chi connectivity index (χ0v) is 13.2. The van der Waals surface area contributed by atoms with Gasteiger partial charge in [-0.15, -0.1) is 0 Å². The molecule has 0 fully saturated rings. The van der Waals surface area contributed by atoms with Crippen LogP contribution in [0.2, 0.25) is 0 Å². The van der Waals surface area contributed by atoms with Crippen LogP contribution in [0.15, 0.2) is 40.9 Å². The van der Waals surface area contributed by atoms with Gasteiger partial charge >= 0.3 is 0 Å². The quantitative estimate of drug-likeness (QED) is 0.740. The predicted octanol–water partition coefficient (Wildman–Crippen LogP) is 4.55. The number of aromatic nitrogens is 2. The standard InChI is InChI=1S/C16H13BrFN3/c1-9-14(17)16(19-2)21-15(20-9)12-7-8-13(18)11-6-4-3-5-10(11)12/h3-8H,1-2H3,(H,19,20,21). The highest BCUT2D eigenvalue weighted by Crippen LogP contribution is 2.31. The van der Waals surface area contributed by atoms with E-state index in [1.807, 2.05) is 25.1 Å². The number of anilines is 1. The molecule has 3 rings (SSSR count). The van der Waals surface area contributed by atoms with Gasteiger partial charge in [-0.25, -0.2) is 14.4 Å². The largest absolute Gasteiger partial charge is 0.372 e. The van der Waals surface area contributed by atoms with Gasteiger partial charge in [-0.1, -0.05) is 24.3 Å². The average Bonchev–Trinajstić information content (AvgIpc) is 2.51. The predicted molar refractivity (Wildman–Crippen MR) is 86.9 cm³/mol. The summed E-state index contributed by atoms with van der Waals surface area (Å²) in [5.41, 5.74) is 1.65. The number of halogens is 2. The molecule has 1 N–H and O–H groups in total. The molecule has 0 saturated carbocycles. The number of fused-ring (bicyclic) bond motifs is 1. The van der Waals surface area contributed by atoms with Crippen LogP contribution in [-0.2, 0) is 0 Å². The summed E-state index contributed by atoms with van der Waals surface area (Å²) in [6.07, 6.45) is 0. The van der Waals surface area contributed by atoms with Gasteiger partial charge in [0.05, 0.1) is 10.2 Å². The van der Waals surface area contributed by atoms with Crippen LogP contribution in [0.1, 0.15) is 5.69 Å². The number of rotatable bonds is 2. The lowest BCUT2D eigenvalue weighted by Crippen LogP contribution is -2.01. The minimum Gasteiger partial charge on any atom is -0.372 e. The summed E-state index contributed by atoms with van der Waals surface area (Å²) in [4.78, 5) is 9.02. The topological polar surface area (TPSA) is 37.8 Å². The van der Waals surface area contributed by atoms with E-state index in [2.05, 4.69) is 31.2 Å². The molecule has 1 heterocycles. The second kappa shape index (κ2) is 5.41. The third-order valence-electron chi connectivity index (χ3n) is 3.37. The fraction of sp³-hybridized carbons (Fsp3) is 0.125. The van der Waals surface area contributed by atoms with Crippen LogP contribution in [0, 0.1) is 12.7 Å². The maximum atomic E-state index is 13.9. The average molecular weight is 346 g/mol. The normalized spacial score (nSPS) is 10.9. The maximum Gasteiger partial charge on any atom is 0.162 e. The molecular formula is C16H13BrFN3. The molecule has 0 bridgehead atoms. The maximum absolute atomic E-state index is 13.9. The summed E-state index contributed by atoms with van der Waals surface area (Å²) in [5.74, 6) is 1.05. The van der Waals surface area contributed by atoms with E-state index in [0.717, 1.165) is 21.1 Å². The Morgan fingerprint density at radius 3 is 2.48 bits per heavy atom. The van der Waals surface area contributed by atoms with Crippen molar-refractivity contribution in [2.45, 2.75) is 6.92 Å². The monoisotopic (exact) mass is 345 g/mol. The molecule has 0 aliphatic rings. The number of benzene rings is 2. The Labute approximate surface area is 130 Å². The Hall–Kier alpha value is -2.01. The van der Waals surface area contributed by atoms with Gasteiger partial charge in [-0.05, 0) is 40.4 Å². The first-order chi connectivity index (χ1) is 10.1. The highest BCUT2D eigenvalue weighted by atomic mass is 79.9. The molecule has 5 heteroatoms. The van der Waals surface area contributed by atoms with Gasteiger partial charge in [-0.2, -0.15) is 0 Å². The van der Waals surface area contributed by atoms with Gasteiger partial charge in [-0.3, -0.25) is 0 Å². The molecule has 0 aliphatic heterocycles. The summed E-state index contributed by atoms with van der Waals surface area (Å²) in [7, 11) is 1.80. The van der Waals surface area contributed by atoms with E-state index in [-0.39, 0.29) is 5.82 Å². The smallest absolute Gasteiger partial charge is 0.162 e. The SMILES string of the molecule is CNc1nc(-c2ccc(F)c3ccccc23)nc(C)c1Br. The molecule has 1 aromatic heterocycles. The molecule has 0 aliphatic carbocycles. The van der Waals surface area contributed by atoms with Crippen molar-refractivity contribution >= 4 is 32.5 Å². The number of nitrogens with zero attached hydrogens (tertiary/aromatic N) is 2. The molecule has 3 nitrogen and oxygen atoms in total. The fourth-order valence-corrected chi connectivity index (χ4v) is 2.68. The number of nitrogens with one attached hydrogen (secondary N) is 1. The second-order valence-corrected chi connectivity index (χ2v) is 5.48. The van der Waals surface area contributed by atoms with Gasteiger partial charge in [0, 0.05) is 18.0 Å².